The second-order valence-electron chi connectivity index (χ2n) is 5.75. The van der Waals surface area contributed by atoms with Gasteiger partial charge in [-0.1, -0.05) is 29.8 Å². The van der Waals surface area contributed by atoms with Crippen molar-refractivity contribution in [1.82, 2.24) is 10.2 Å². The van der Waals surface area contributed by atoms with Crippen LogP contribution in [-0.4, -0.2) is 41.9 Å². The van der Waals surface area contributed by atoms with Crippen LogP contribution in [-0.2, 0) is 25.7 Å². The summed E-state index contributed by atoms with van der Waals surface area (Å²) >= 11 is 0. The van der Waals surface area contributed by atoms with Crippen molar-refractivity contribution in [3.63, 3.8) is 0 Å². The van der Waals surface area contributed by atoms with E-state index >= 15 is 0 Å². The number of benzene rings is 1. The van der Waals surface area contributed by atoms with Crippen molar-refractivity contribution in [2.75, 3.05) is 13.1 Å². The first-order valence-corrected chi connectivity index (χ1v) is 7.76. The molecule has 1 heterocycles. The van der Waals surface area contributed by atoms with Crippen molar-refractivity contribution >= 4 is 17.8 Å². The van der Waals surface area contributed by atoms with Crippen LogP contribution >= 0.6 is 0 Å². The molecule has 1 atom stereocenters. The van der Waals surface area contributed by atoms with E-state index in [0.717, 1.165) is 17.5 Å². The molecular weight excluding hydrogens is 296 g/mol. The van der Waals surface area contributed by atoms with Gasteiger partial charge in [0, 0.05) is 19.5 Å². The minimum absolute atomic E-state index is 0.0431. The van der Waals surface area contributed by atoms with Crippen LogP contribution < -0.4 is 5.32 Å². The molecule has 124 valence electrons. The van der Waals surface area contributed by atoms with E-state index in [1.165, 1.54) is 11.8 Å². The summed E-state index contributed by atoms with van der Waals surface area (Å²) in [6.07, 6.45) is 0.351. The summed E-state index contributed by atoms with van der Waals surface area (Å²) in [7, 11) is 0. The van der Waals surface area contributed by atoms with Crippen molar-refractivity contribution in [1.29, 1.82) is 0 Å². The molecular formula is C17H22N2O4. The molecule has 6 nitrogen and oxygen atoms in total. The largest absolute Gasteiger partial charge is 0.451 e. The normalized spacial score (nSPS) is 15.4. The van der Waals surface area contributed by atoms with Gasteiger partial charge in [-0.3, -0.25) is 14.4 Å². The van der Waals surface area contributed by atoms with E-state index in [4.69, 9.17) is 4.74 Å². The van der Waals surface area contributed by atoms with Crippen LogP contribution in [0.4, 0.5) is 0 Å². The lowest BCUT2D eigenvalue weighted by atomic mass is 10.1. The summed E-state index contributed by atoms with van der Waals surface area (Å²) < 4.78 is 5.09. The number of esters is 1. The molecule has 1 aliphatic rings. The second-order valence-corrected chi connectivity index (χ2v) is 5.75. The molecule has 0 aromatic heterocycles. The molecule has 0 bridgehead atoms. The van der Waals surface area contributed by atoms with Crippen LogP contribution in [0.2, 0.25) is 0 Å². The van der Waals surface area contributed by atoms with Crippen LogP contribution in [0.5, 0.6) is 0 Å². The summed E-state index contributed by atoms with van der Waals surface area (Å²) in [6, 6.07) is 7.81. The van der Waals surface area contributed by atoms with Crippen LogP contribution in [0.1, 0.15) is 30.9 Å². The molecule has 0 saturated carbocycles. The van der Waals surface area contributed by atoms with Gasteiger partial charge in [0.05, 0.1) is 0 Å². The molecule has 2 amide bonds. The number of carbonyl (C=O) groups is 3. The van der Waals surface area contributed by atoms with Crippen molar-refractivity contribution in [2.45, 2.75) is 39.3 Å². The first-order valence-electron chi connectivity index (χ1n) is 7.76. The van der Waals surface area contributed by atoms with Gasteiger partial charge in [-0.25, -0.2) is 0 Å². The maximum absolute atomic E-state index is 12.0. The van der Waals surface area contributed by atoms with Crippen molar-refractivity contribution in [2.24, 2.45) is 0 Å². The summed E-state index contributed by atoms with van der Waals surface area (Å²) in [5.74, 6) is -0.955. The van der Waals surface area contributed by atoms with E-state index in [-0.39, 0.29) is 18.4 Å². The highest BCUT2D eigenvalue weighted by atomic mass is 16.5. The lowest BCUT2D eigenvalue weighted by Gasteiger charge is -2.17. The van der Waals surface area contributed by atoms with Gasteiger partial charge in [0.15, 0.2) is 6.10 Å². The summed E-state index contributed by atoms with van der Waals surface area (Å²) in [6.45, 7) is 4.38. The van der Waals surface area contributed by atoms with Crippen molar-refractivity contribution in [3.05, 3.63) is 35.4 Å². The third kappa shape index (κ3) is 5.09. The van der Waals surface area contributed by atoms with Gasteiger partial charge in [-0.15, -0.1) is 0 Å². The molecule has 1 aliphatic heterocycles. The summed E-state index contributed by atoms with van der Waals surface area (Å²) in [4.78, 5) is 36.6. The third-order valence-corrected chi connectivity index (χ3v) is 3.76. The zero-order chi connectivity index (χ0) is 16.8. The van der Waals surface area contributed by atoms with E-state index in [0.29, 0.717) is 19.5 Å². The van der Waals surface area contributed by atoms with Gasteiger partial charge in [0.1, 0.15) is 6.54 Å². The number of rotatable bonds is 6. The fraction of sp³-hybridized carbons (Fsp3) is 0.471. The monoisotopic (exact) mass is 318 g/mol. The topological polar surface area (TPSA) is 75.7 Å². The average Bonchev–Trinajstić information content (AvgIpc) is 2.91. The molecule has 23 heavy (non-hydrogen) atoms. The minimum atomic E-state index is -0.884. The first kappa shape index (κ1) is 17.0. The molecule has 0 aliphatic carbocycles. The van der Waals surface area contributed by atoms with Gasteiger partial charge >= 0.3 is 5.97 Å². The Balaban J connectivity index is 1.74. The summed E-state index contributed by atoms with van der Waals surface area (Å²) in [5.41, 5.74) is 2.13. The number of ether oxygens (including phenoxy) is 1. The molecule has 2 rings (SSSR count). The van der Waals surface area contributed by atoms with E-state index in [9.17, 15) is 14.4 Å². The Morgan fingerprint density at radius 1 is 1.30 bits per heavy atom. The zero-order valence-corrected chi connectivity index (χ0v) is 13.5. The number of hydrogen-bond acceptors (Lipinski definition) is 4. The van der Waals surface area contributed by atoms with Gasteiger partial charge in [-0.05, 0) is 25.8 Å². The molecule has 0 radical (unpaired) electrons. The molecule has 1 saturated heterocycles. The number of carbonyl (C=O) groups excluding carboxylic acids is 3. The number of amides is 2. The summed E-state index contributed by atoms with van der Waals surface area (Å²) in [5, 5.41) is 2.73. The lowest BCUT2D eigenvalue weighted by Crippen LogP contribution is -2.38. The highest BCUT2D eigenvalue weighted by Gasteiger charge is 2.25. The Morgan fingerprint density at radius 3 is 2.61 bits per heavy atom. The van der Waals surface area contributed by atoms with E-state index in [2.05, 4.69) is 5.32 Å². The zero-order valence-electron chi connectivity index (χ0n) is 13.5. The lowest BCUT2D eigenvalue weighted by molar-refractivity contribution is -0.157. The molecule has 0 spiro atoms. The van der Waals surface area contributed by atoms with Crippen molar-refractivity contribution < 1.29 is 19.1 Å². The minimum Gasteiger partial charge on any atom is -0.451 e. The molecule has 1 aromatic carbocycles. The predicted molar refractivity (Wildman–Crippen MR) is 84.4 cm³/mol. The Kier molecular flexibility index (Phi) is 5.73. The first-order chi connectivity index (χ1) is 11.0. The van der Waals surface area contributed by atoms with Crippen molar-refractivity contribution in [3.8, 4) is 0 Å². The Labute approximate surface area is 135 Å². The van der Waals surface area contributed by atoms with Gasteiger partial charge < -0.3 is 15.0 Å². The van der Waals surface area contributed by atoms with E-state index in [1.54, 1.807) is 0 Å². The van der Waals surface area contributed by atoms with Crippen LogP contribution in [0.3, 0.4) is 0 Å². The molecule has 1 aromatic rings. The van der Waals surface area contributed by atoms with Gasteiger partial charge in [0.2, 0.25) is 5.91 Å². The highest BCUT2D eigenvalue weighted by molar-refractivity contribution is 5.86. The number of hydrogen-bond donors (Lipinski definition) is 1. The van der Waals surface area contributed by atoms with Gasteiger partial charge in [0.25, 0.3) is 5.91 Å². The highest BCUT2D eigenvalue weighted by Crippen LogP contribution is 2.09. The standard InChI is InChI=1S/C17H22N2O4/c1-12-5-7-14(8-6-12)10-18-17(22)13(2)23-16(21)11-19-9-3-4-15(19)20/h5-8,13H,3-4,9-11H2,1-2H3,(H,18,22)/t13-/m0/s1. The maximum atomic E-state index is 12.0. The van der Waals surface area contributed by atoms with E-state index in [1.807, 2.05) is 31.2 Å². The van der Waals surface area contributed by atoms with E-state index < -0.39 is 12.1 Å². The fourth-order valence-corrected chi connectivity index (χ4v) is 2.35. The van der Waals surface area contributed by atoms with Gasteiger partial charge in [-0.2, -0.15) is 0 Å². The van der Waals surface area contributed by atoms with Crippen LogP contribution in [0.15, 0.2) is 24.3 Å². The quantitative estimate of drug-likeness (QED) is 0.799. The number of nitrogens with zero attached hydrogens (tertiary/aromatic N) is 1. The Hall–Kier alpha value is -2.37. The fourth-order valence-electron chi connectivity index (χ4n) is 2.35. The second kappa shape index (κ2) is 7.76. The smallest absolute Gasteiger partial charge is 0.326 e. The molecule has 0 unspecified atom stereocenters. The molecule has 6 heteroatoms. The van der Waals surface area contributed by atoms with Crippen LogP contribution in [0, 0.1) is 6.92 Å². The number of likely N-dealkylation sites (tertiary alicyclic amines) is 1. The Morgan fingerprint density at radius 2 is 2.00 bits per heavy atom. The SMILES string of the molecule is Cc1ccc(CNC(=O)[C@H](C)OC(=O)CN2CCCC2=O)cc1. The third-order valence-electron chi connectivity index (χ3n) is 3.76. The molecule has 1 fully saturated rings. The number of aryl methyl sites for hydroxylation is 1. The average molecular weight is 318 g/mol. The maximum Gasteiger partial charge on any atom is 0.326 e. The molecule has 1 N–H and O–H groups in total. The number of nitrogens with one attached hydrogen (secondary N) is 1. The van der Waals surface area contributed by atoms with Crippen LogP contribution in [0.25, 0.3) is 0 Å². The predicted octanol–water partition coefficient (Wildman–Crippen LogP) is 1.17. The Bertz CT molecular complexity index is 583.